The fraction of sp³-hybridized carbons (Fsp3) is 0.0800. The number of thiophene rings is 8. The quantitative estimate of drug-likeness (QED) is 0.133. The van der Waals surface area contributed by atoms with Gasteiger partial charge < -0.3 is 0 Å². The monoisotopic (exact) mass is 890 g/mol. The maximum atomic E-state index is 2.43. The van der Waals surface area contributed by atoms with E-state index in [1.165, 1.54) is 123 Å². The van der Waals surface area contributed by atoms with Gasteiger partial charge in [0, 0.05) is 79.4 Å². The number of aryl methyl sites for hydroxylation is 4. The van der Waals surface area contributed by atoms with Crippen LogP contribution >= 0.6 is 90.7 Å². The third kappa shape index (κ3) is 6.28. The van der Waals surface area contributed by atoms with Gasteiger partial charge in [-0.2, -0.15) is 0 Å². The molecule has 0 fully saturated rings. The molecular formula is C50H34S8. The first-order chi connectivity index (χ1) is 28.4. The molecule has 3 aromatic carbocycles. The summed E-state index contributed by atoms with van der Waals surface area (Å²) in [5.41, 5.74) is 8.06. The highest BCUT2D eigenvalue weighted by Gasteiger charge is 2.22. The van der Waals surface area contributed by atoms with E-state index in [-0.39, 0.29) is 0 Å². The molecule has 11 rings (SSSR count). The van der Waals surface area contributed by atoms with Crippen LogP contribution in [0, 0.1) is 27.7 Å². The summed E-state index contributed by atoms with van der Waals surface area (Å²) in [6.07, 6.45) is 0. The molecule has 11 aromatic rings. The van der Waals surface area contributed by atoms with Gasteiger partial charge in [0.25, 0.3) is 0 Å². The van der Waals surface area contributed by atoms with Crippen molar-refractivity contribution in [2.45, 2.75) is 27.7 Å². The van der Waals surface area contributed by atoms with Crippen molar-refractivity contribution in [1.29, 1.82) is 0 Å². The van der Waals surface area contributed by atoms with Crippen LogP contribution in [0.25, 0.3) is 101 Å². The van der Waals surface area contributed by atoms with Crippen LogP contribution in [0.1, 0.15) is 22.3 Å². The molecule has 8 heterocycles. The second-order valence-electron chi connectivity index (χ2n) is 14.6. The van der Waals surface area contributed by atoms with Gasteiger partial charge in [-0.25, -0.2) is 0 Å². The molecule has 0 N–H and O–H groups in total. The Morgan fingerprint density at radius 3 is 0.897 bits per heavy atom. The maximum Gasteiger partial charge on any atom is 0.0478 e. The van der Waals surface area contributed by atoms with E-state index < -0.39 is 0 Å². The Balaban J connectivity index is 0.966. The van der Waals surface area contributed by atoms with Crippen LogP contribution in [0.3, 0.4) is 0 Å². The Morgan fingerprint density at radius 2 is 0.586 bits per heavy atom. The Morgan fingerprint density at radius 1 is 0.276 bits per heavy atom. The lowest BCUT2D eigenvalue weighted by atomic mass is 9.90. The third-order valence-electron chi connectivity index (χ3n) is 10.8. The van der Waals surface area contributed by atoms with E-state index in [4.69, 9.17) is 0 Å². The summed E-state index contributed by atoms with van der Waals surface area (Å²) < 4.78 is 0. The molecule has 0 bridgehead atoms. The van der Waals surface area contributed by atoms with Gasteiger partial charge in [0.1, 0.15) is 0 Å². The number of benzene rings is 3. The van der Waals surface area contributed by atoms with Gasteiger partial charge >= 0.3 is 0 Å². The smallest absolute Gasteiger partial charge is 0.0478 e. The second-order valence-corrected chi connectivity index (χ2v) is 22.9. The molecule has 0 atom stereocenters. The van der Waals surface area contributed by atoms with E-state index in [2.05, 4.69) is 160 Å². The molecule has 0 saturated heterocycles. The van der Waals surface area contributed by atoms with E-state index in [1.54, 1.807) is 0 Å². The van der Waals surface area contributed by atoms with Gasteiger partial charge in [-0.1, -0.05) is 48.5 Å². The predicted octanol–water partition coefficient (Wildman–Crippen LogP) is 19.1. The molecule has 0 aliphatic carbocycles. The number of fused-ring (bicyclic) bond motifs is 2. The van der Waals surface area contributed by atoms with Crippen LogP contribution in [0.5, 0.6) is 0 Å². The molecule has 0 unspecified atom stereocenters. The molecule has 0 amide bonds. The highest BCUT2D eigenvalue weighted by Crippen LogP contribution is 2.52. The standard InChI is InChI=1S/C50H34S8/c1-27-21-23-51-47(27)39-17-13-35(53-39)37-15-19-41(55-37)49-29(3)25-43(57-49)45-31-9-5-7-11-33(31)46(34-12-8-6-10-32(34)45)44-26-30(4)50(58-44)42-20-16-38(56-42)36-14-18-40(54-36)48-28(2)22-24-52-48/h5-26H,1-4H3. The highest BCUT2D eigenvalue weighted by molar-refractivity contribution is 7.30. The van der Waals surface area contributed by atoms with Gasteiger partial charge in [0.05, 0.1) is 0 Å². The molecule has 0 aliphatic heterocycles. The molecule has 0 aliphatic rings. The van der Waals surface area contributed by atoms with Crippen molar-refractivity contribution in [2.75, 3.05) is 0 Å². The molecule has 0 saturated carbocycles. The Hall–Kier alpha value is -4.22. The summed E-state index contributed by atoms with van der Waals surface area (Å²) >= 11 is 15.2. The summed E-state index contributed by atoms with van der Waals surface area (Å²) in [7, 11) is 0. The Labute approximate surface area is 370 Å². The molecule has 282 valence electrons. The van der Waals surface area contributed by atoms with Gasteiger partial charge in [0.15, 0.2) is 0 Å². The minimum atomic E-state index is 1.31. The van der Waals surface area contributed by atoms with Gasteiger partial charge in [-0.05, 0) is 155 Å². The first kappa shape index (κ1) is 36.8. The predicted molar refractivity (Wildman–Crippen MR) is 267 cm³/mol. The lowest BCUT2D eigenvalue weighted by Crippen LogP contribution is -1.88. The van der Waals surface area contributed by atoms with Crippen molar-refractivity contribution in [3.63, 3.8) is 0 Å². The minimum Gasteiger partial charge on any atom is -0.143 e. The molecular weight excluding hydrogens is 857 g/mol. The van der Waals surface area contributed by atoms with Crippen molar-refractivity contribution in [2.24, 2.45) is 0 Å². The number of hydrogen-bond donors (Lipinski definition) is 0. The average Bonchev–Trinajstić information content (AvgIpc) is 4.06. The Kier molecular flexibility index (Phi) is 9.40. The zero-order valence-electron chi connectivity index (χ0n) is 32.0. The van der Waals surface area contributed by atoms with Gasteiger partial charge in [-0.15, -0.1) is 90.7 Å². The lowest BCUT2D eigenvalue weighted by molar-refractivity contribution is 1.55. The second kappa shape index (κ2) is 14.8. The number of rotatable bonds is 8. The molecule has 0 spiro atoms. The molecule has 0 radical (unpaired) electrons. The molecule has 0 nitrogen and oxygen atoms in total. The third-order valence-corrected chi connectivity index (χ3v) is 20.8. The largest absolute Gasteiger partial charge is 0.143 e. The molecule has 8 heteroatoms. The van der Waals surface area contributed by atoms with Crippen molar-refractivity contribution in [3.8, 4) is 79.4 Å². The average molecular weight is 891 g/mol. The van der Waals surface area contributed by atoms with Crippen LogP contribution in [0.4, 0.5) is 0 Å². The van der Waals surface area contributed by atoms with E-state index in [9.17, 15) is 0 Å². The van der Waals surface area contributed by atoms with E-state index in [0.29, 0.717) is 0 Å². The minimum absolute atomic E-state index is 1.31. The Bertz CT molecular complexity index is 3020. The van der Waals surface area contributed by atoms with Gasteiger partial charge in [-0.3, -0.25) is 0 Å². The summed E-state index contributed by atoms with van der Waals surface area (Å²) in [6.45, 7) is 8.98. The normalized spacial score (nSPS) is 11.8. The van der Waals surface area contributed by atoms with Crippen LogP contribution < -0.4 is 0 Å². The van der Waals surface area contributed by atoms with E-state index in [0.717, 1.165) is 0 Å². The van der Waals surface area contributed by atoms with Crippen molar-refractivity contribution < 1.29 is 0 Å². The topological polar surface area (TPSA) is 0 Å². The zero-order valence-corrected chi connectivity index (χ0v) is 38.5. The van der Waals surface area contributed by atoms with Crippen LogP contribution in [-0.4, -0.2) is 0 Å². The van der Waals surface area contributed by atoms with Crippen LogP contribution in [-0.2, 0) is 0 Å². The van der Waals surface area contributed by atoms with Crippen molar-refractivity contribution in [1.82, 2.24) is 0 Å². The highest BCUT2D eigenvalue weighted by atomic mass is 32.1. The lowest BCUT2D eigenvalue weighted by Gasteiger charge is -2.15. The maximum absolute atomic E-state index is 2.43. The summed E-state index contributed by atoms with van der Waals surface area (Å²) in [5, 5.41) is 9.63. The summed E-state index contributed by atoms with van der Waals surface area (Å²) in [4.78, 5) is 18.9. The summed E-state index contributed by atoms with van der Waals surface area (Å²) in [5.74, 6) is 0. The van der Waals surface area contributed by atoms with E-state index in [1.807, 2.05) is 90.7 Å². The number of hydrogen-bond acceptors (Lipinski definition) is 8. The van der Waals surface area contributed by atoms with Crippen LogP contribution in [0.2, 0.25) is 0 Å². The first-order valence-corrected chi connectivity index (χ1v) is 25.7. The van der Waals surface area contributed by atoms with Gasteiger partial charge in [0.2, 0.25) is 0 Å². The SMILES string of the molecule is Cc1ccsc1-c1ccc(-c2ccc(-c3sc(-c4c5ccccc5c(-c5cc(C)c(-c6ccc(-c7ccc(-c8sccc8C)s7)s6)s5)c5ccccc45)cc3C)s2)s1. The first-order valence-electron chi connectivity index (χ1n) is 19.0. The molecule has 58 heavy (non-hydrogen) atoms. The zero-order chi connectivity index (χ0) is 39.1. The van der Waals surface area contributed by atoms with Crippen LogP contribution in [0.15, 0.2) is 132 Å². The summed E-state index contributed by atoms with van der Waals surface area (Å²) in [6, 6.07) is 45.9. The fourth-order valence-electron chi connectivity index (χ4n) is 7.98. The van der Waals surface area contributed by atoms with Crippen molar-refractivity contribution in [3.05, 3.63) is 154 Å². The van der Waals surface area contributed by atoms with Crippen molar-refractivity contribution >= 4 is 112 Å². The van der Waals surface area contributed by atoms with E-state index >= 15 is 0 Å². The fourth-order valence-corrected chi connectivity index (χ4v) is 17.3. The molecule has 8 aromatic heterocycles.